The molecule has 1 N–H and O–H groups in total. The van der Waals surface area contributed by atoms with Crippen LogP contribution >= 0.6 is 11.8 Å². The van der Waals surface area contributed by atoms with Gasteiger partial charge >= 0.3 is 0 Å². The van der Waals surface area contributed by atoms with Gasteiger partial charge in [0.2, 0.25) is 0 Å². The maximum atomic E-state index is 5.80. The average Bonchev–Trinajstić information content (AvgIpc) is 2.29. The van der Waals surface area contributed by atoms with Crippen LogP contribution in [-0.2, 0) is 4.74 Å². The Morgan fingerprint density at radius 2 is 2.24 bits per heavy atom. The van der Waals surface area contributed by atoms with Gasteiger partial charge in [-0.3, -0.25) is 0 Å². The van der Waals surface area contributed by atoms with Crippen molar-refractivity contribution >= 4 is 11.8 Å². The molecule has 1 saturated carbocycles. The minimum absolute atomic E-state index is 0.512. The van der Waals surface area contributed by atoms with Crippen molar-refractivity contribution in [2.45, 2.75) is 68.8 Å². The molecule has 17 heavy (non-hydrogen) atoms. The first kappa shape index (κ1) is 13.7. The summed E-state index contributed by atoms with van der Waals surface area (Å²) in [5, 5.41) is 3.80. The lowest BCUT2D eigenvalue weighted by molar-refractivity contribution is -0.00384. The van der Waals surface area contributed by atoms with Gasteiger partial charge in [0.05, 0.1) is 6.10 Å². The monoisotopic (exact) mass is 257 g/mol. The van der Waals surface area contributed by atoms with Crippen LogP contribution in [0.15, 0.2) is 0 Å². The molecule has 0 amide bonds. The summed E-state index contributed by atoms with van der Waals surface area (Å²) < 4.78 is 6.37. The van der Waals surface area contributed by atoms with Crippen molar-refractivity contribution in [3.8, 4) is 0 Å². The summed E-state index contributed by atoms with van der Waals surface area (Å²) in [5.41, 5.74) is 0. The Kier molecular flexibility index (Phi) is 5.19. The molecule has 2 unspecified atom stereocenters. The third kappa shape index (κ3) is 3.62. The van der Waals surface area contributed by atoms with Crippen LogP contribution in [0.5, 0.6) is 0 Å². The number of hydrogen-bond acceptors (Lipinski definition) is 3. The molecule has 1 saturated heterocycles. The van der Waals surface area contributed by atoms with E-state index in [1.165, 1.54) is 51.5 Å². The predicted molar refractivity (Wildman–Crippen MR) is 75.8 cm³/mol. The van der Waals surface area contributed by atoms with E-state index < -0.39 is 0 Å². The lowest BCUT2D eigenvalue weighted by atomic mass is 9.83. The molecule has 3 heteroatoms. The molecule has 0 spiro atoms. The van der Waals surface area contributed by atoms with Crippen LogP contribution in [0.4, 0.5) is 0 Å². The van der Waals surface area contributed by atoms with Gasteiger partial charge in [0.25, 0.3) is 0 Å². The number of hydrogen-bond donors (Lipinski definition) is 1. The zero-order chi connectivity index (χ0) is 12.1. The second-order valence-corrected chi connectivity index (χ2v) is 6.90. The van der Waals surface area contributed by atoms with E-state index in [0.29, 0.717) is 16.9 Å². The van der Waals surface area contributed by atoms with Crippen molar-refractivity contribution in [2.75, 3.05) is 19.4 Å². The lowest BCUT2D eigenvalue weighted by Crippen LogP contribution is -2.48. The Morgan fingerprint density at radius 1 is 1.41 bits per heavy atom. The maximum absolute atomic E-state index is 5.80. The van der Waals surface area contributed by atoms with Gasteiger partial charge < -0.3 is 10.1 Å². The van der Waals surface area contributed by atoms with Gasteiger partial charge in [0.15, 0.2) is 0 Å². The molecule has 2 aliphatic rings. The van der Waals surface area contributed by atoms with Crippen LogP contribution in [0, 0.1) is 0 Å². The van der Waals surface area contributed by atoms with E-state index in [-0.39, 0.29) is 0 Å². The molecule has 2 atom stereocenters. The highest BCUT2D eigenvalue weighted by Crippen LogP contribution is 2.42. The van der Waals surface area contributed by atoms with Crippen molar-refractivity contribution in [1.29, 1.82) is 0 Å². The summed E-state index contributed by atoms with van der Waals surface area (Å²) in [6, 6.07) is 0.699. The molecule has 0 aromatic heterocycles. The Morgan fingerprint density at radius 3 is 2.82 bits per heavy atom. The summed E-state index contributed by atoms with van der Waals surface area (Å²) in [5.74, 6) is 0. The Bertz CT molecular complexity index is 223. The fraction of sp³-hybridized carbons (Fsp3) is 1.00. The van der Waals surface area contributed by atoms with E-state index in [4.69, 9.17) is 4.74 Å². The Labute approximate surface area is 110 Å². The van der Waals surface area contributed by atoms with Gasteiger partial charge in [-0.25, -0.2) is 0 Å². The van der Waals surface area contributed by atoms with Crippen molar-refractivity contribution in [1.82, 2.24) is 5.32 Å². The van der Waals surface area contributed by atoms with Crippen molar-refractivity contribution < 1.29 is 4.74 Å². The highest BCUT2D eigenvalue weighted by Gasteiger charge is 2.36. The minimum atomic E-state index is 0.512. The molecule has 0 radical (unpaired) electrons. The predicted octanol–water partition coefficient (Wildman–Crippen LogP) is 3.21. The quantitative estimate of drug-likeness (QED) is 0.789. The van der Waals surface area contributed by atoms with Crippen LogP contribution in [-0.4, -0.2) is 36.3 Å². The first-order valence-corrected chi connectivity index (χ1v) is 8.40. The summed E-state index contributed by atoms with van der Waals surface area (Å²) in [6.45, 7) is 4.41. The van der Waals surface area contributed by atoms with E-state index in [1.54, 1.807) is 0 Å². The molecule has 2 nitrogen and oxygen atoms in total. The molecule has 2 rings (SSSR count). The fourth-order valence-corrected chi connectivity index (χ4v) is 3.87. The first-order valence-electron chi connectivity index (χ1n) is 7.18. The molecule has 2 fully saturated rings. The second kappa shape index (κ2) is 6.44. The average molecular weight is 257 g/mol. The van der Waals surface area contributed by atoms with Gasteiger partial charge in [-0.1, -0.05) is 19.8 Å². The first-order chi connectivity index (χ1) is 8.28. The largest absolute Gasteiger partial charge is 0.378 e. The van der Waals surface area contributed by atoms with Gasteiger partial charge in [0.1, 0.15) is 0 Å². The molecule has 0 aromatic rings. The van der Waals surface area contributed by atoms with Gasteiger partial charge in [-0.15, -0.1) is 0 Å². The molecule has 0 aromatic carbocycles. The highest BCUT2D eigenvalue weighted by molar-refractivity contribution is 8.00. The zero-order valence-electron chi connectivity index (χ0n) is 11.3. The van der Waals surface area contributed by atoms with Crippen molar-refractivity contribution in [3.05, 3.63) is 0 Å². The summed E-state index contributed by atoms with van der Waals surface area (Å²) in [4.78, 5) is 0. The minimum Gasteiger partial charge on any atom is -0.378 e. The van der Waals surface area contributed by atoms with Crippen LogP contribution < -0.4 is 5.32 Å². The number of ether oxygens (including phenoxy) is 1. The van der Waals surface area contributed by atoms with E-state index in [2.05, 4.69) is 30.3 Å². The van der Waals surface area contributed by atoms with Gasteiger partial charge in [0, 0.05) is 23.9 Å². The SMILES string of the molecule is CCCC1CC(NCC2(SC)CCC2)CCO1. The third-order valence-corrected chi connectivity index (χ3v) is 5.81. The summed E-state index contributed by atoms with van der Waals surface area (Å²) in [6.07, 6.45) is 11.9. The number of thioether (sulfide) groups is 1. The summed E-state index contributed by atoms with van der Waals surface area (Å²) in [7, 11) is 0. The lowest BCUT2D eigenvalue weighted by Gasteiger charge is -2.42. The molecular weight excluding hydrogens is 230 g/mol. The van der Waals surface area contributed by atoms with E-state index in [0.717, 1.165) is 6.61 Å². The normalized spacial score (nSPS) is 32.1. The molecular formula is C14H27NOS. The smallest absolute Gasteiger partial charge is 0.0589 e. The molecule has 1 heterocycles. The van der Waals surface area contributed by atoms with Gasteiger partial charge in [-0.2, -0.15) is 11.8 Å². The topological polar surface area (TPSA) is 21.3 Å². The molecule has 100 valence electrons. The number of rotatable bonds is 6. The maximum Gasteiger partial charge on any atom is 0.0589 e. The Balaban J connectivity index is 1.71. The van der Waals surface area contributed by atoms with E-state index in [9.17, 15) is 0 Å². The molecule has 1 aliphatic heterocycles. The van der Waals surface area contributed by atoms with Gasteiger partial charge in [-0.05, 0) is 38.4 Å². The fourth-order valence-electron chi connectivity index (χ4n) is 2.94. The van der Waals surface area contributed by atoms with Crippen molar-refractivity contribution in [2.24, 2.45) is 0 Å². The summed E-state index contributed by atoms with van der Waals surface area (Å²) >= 11 is 2.06. The van der Waals surface area contributed by atoms with Crippen LogP contribution in [0.2, 0.25) is 0 Å². The third-order valence-electron chi connectivity index (χ3n) is 4.39. The number of nitrogens with one attached hydrogen (secondary N) is 1. The molecule has 0 bridgehead atoms. The van der Waals surface area contributed by atoms with E-state index >= 15 is 0 Å². The highest BCUT2D eigenvalue weighted by atomic mass is 32.2. The van der Waals surface area contributed by atoms with E-state index in [1.807, 2.05) is 0 Å². The Hall–Kier alpha value is 0.270. The van der Waals surface area contributed by atoms with Crippen LogP contribution in [0.1, 0.15) is 51.9 Å². The standard InChI is InChI=1S/C14H27NOS/c1-3-5-13-10-12(6-9-16-13)15-11-14(17-2)7-4-8-14/h12-13,15H,3-11H2,1-2H3. The van der Waals surface area contributed by atoms with Crippen LogP contribution in [0.25, 0.3) is 0 Å². The zero-order valence-corrected chi connectivity index (χ0v) is 12.2. The molecule has 1 aliphatic carbocycles. The van der Waals surface area contributed by atoms with Crippen LogP contribution in [0.3, 0.4) is 0 Å². The second-order valence-electron chi connectivity index (χ2n) is 5.62. The van der Waals surface area contributed by atoms with Crippen molar-refractivity contribution in [3.63, 3.8) is 0 Å².